The summed E-state index contributed by atoms with van der Waals surface area (Å²) in [5.74, 6) is -2.04. The first-order valence-electron chi connectivity index (χ1n) is 15.7. The van der Waals surface area contributed by atoms with E-state index in [1.165, 1.54) is 9.80 Å². The molecule has 1 N–H and O–H groups in total. The summed E-state index contributed by atoms with van der Waals surface area (Å²) in [6.45, 7) is 0.555. The molecule has 4 aromatic rings. The second-order valence-electron chi connectivity index (χ2n) is 12.3. The normalized spacial score (nSPS) is 15.9. The van der Waals surface area contributed by atoms with Gasteiger partial charge in [-0.05, 0) is 52.4 Å². The third-order valence-corrected chi connectivity index (χ3v) is 9.60. The Morgan fingerprint density at radius 2 is 1.47 bits per heavy atom. The highest BCUT2D eigenvalue weighted by atomic mass is 35.5. The first kappa shape index (κ1) is 32.1. The van der Waals surface area contributed by atoms with Crippen LogP contribution in [-0.4, -0.2) is 72.8 Å². The number of carbonyl (C=O) groups excluding carboxylic acids is 2. The van der Waals surface area contributed by atoms with Gasteiger partial charge in [0.1, 0.15) is 12.4 Å². The third-order valence-electron chi connectivity index (χ3n) is 9.35. The number of benzene rings is 4. The number of hydrogen-bond donors (Lipinski definition) is 1. The Kier molecular flexibility index (Phi) is 9.50. The van der Waals surface area contributed by atoms with Gasteiger partial charge in [0.15, 0.2) is 0 Å². The van der Waals surface area contributed by atoms with E-state index in [4.69, 9.17) is 21.1 Å². The van der Waals surface area contributed by atoms with E-state index in [1.54, 1.807) is 26.2 Å². The number of rotatable bonds is 11. The zero-order valence-corrected chi connectivity index (χ0v) is 27.1. The summed E-state index contributed by atoms with van der Waals surface area (Å²) in [6.07, 6.45) is -0.420. The molecule has 47 heavy (non-hydrogen) atoms. The molecular formula is C38H37ClN2O6. The van der Waals surface area contributed by atoms with Crippen molar-refractivity contribution in [3.05, 3.63) is 124 Å². The number of carbonyl (C=O) groups is 3. The van der Waals surface area contributed by atoms with Crippen LogP contribution in [0.25, 0.3) is 11.1 Å². The summed E-state index contributed by atoms with van der Waals surface area (Å²) in [5, 5.41) is 10.4. The molecule has 0 fully saturated rings. The van der Waals surface area contributed by atoms with Gasteiger partial charge in [0, 0.05) is 43.1 Å². The van der Waals surface area contributed by atoms with Crippen LogP contribution < -0.4 is 4.74 Å². The number of likely N-dealkylation sites (N-methyl/N-ethyl adjacent to an activating group) is 2. The SMILES string of the molecule is CN(CC(Cc1ccc(Cl)cc1)N(C)C(=O)OCC1c2ccccc2-c2ccccc21)C(=O)C(CC(=O)O)C1COc2ccccc21. The maximum atomic E-state index is 14.0. The van der Waals surface area contributed by atoms with Crippen LogP contribution >= 0.6 is 11.6 Å². The van der Waals surface area contributed by atoms with Gasteiger partial charge in [0.25, 0.3) is 0 Å². The van der Waals surface area contributed by atoms with Gasteiger partial charge in [0.2, 0.25) is 5.91 Å². The number of nitrogens with zero attached hydrogens (tertiary/aromatic N) is 2. The zero-order chi connectivity index (χ0) is 33.1. The number of halogens is 1. The van der Waals surface area contributed by atoms with Gasteiger partial charge >= 0.3 is 12.1 Å². The van der Waals surface area contributed by atoms with Crippen LogP contribution in [0.5, 0.6) is 5.75 Å². The van der Waals surface area contributed by atoms with E-state index in [1.807, 2.05) is 60.7 Å². The fourth-order valence-electron chi connectivity index (χ4n) is 6.86. The number of hydrogen-bond acceptors (Lipinski definition) is 5. The van der Waals surface area contributed by atoms with Gasteiger partial charge < -0.3 is 24.4 Å². The number of ether oxygens (including phenoxy) is 2. The minimum Gasteiger partial charge on any atom is -0.493 e. The number of para-hydroxylation sites is 1. The van der Waals surface area contributed by atoms with Crippen LogP contribution in [0, 0.1) is 5.92 Å². The standard InChI is InChI=1S/C38H37ClN2O6/c1-40(37(44)32(20-36(42)43)34-22-46-35-14-8-7-13-31(34)35)21-26(19-24-15-17-25(39)18-16-24)41(2)38(45)47-23-33-29-11-5-3-9-27(29)28-10-4-6-12-30(28)33/h3-18,26,32-34H,19-23H2,1-2H3,(H,42,43). The minimum absolute atomic E-state index is 0.0907. The molecule has 0 bridgehead atoms. The summed E-state index contributed by atoms with van der Waals surface area (Å²) >= 11 is 6.14. The van der Waals surface area contributed by atoms with Crippen LogP contribution in [0.4, 0.5) is 4.79 Å². The molecule has 1 aliphatic carbocycles. The van der Waals surface area contributed by atoms with Crippen molar-refractivity contribution < 1.29 is 29.0 Å². The van der Waals surface area contributed by atoms with Crippen molar-refractivity contribution in [2.24, 2.45) is 5.92 Å². The average molecular weight is 653 g/mol. The van der Waals surface area contributed by atoms with Crippen molar-refractivity contribution in [3.63, 3.8) is 0 Å². The molecule has 2 amide bonds. The maximum absolute atomic E-state index is 14.0. The highest BCUT2D eigenvalue weighted by molar-refractivity contribution is 6.30. The van der Waals surface area contributed by atoms with E-state index in [-0.39, 0.29) is 38.0 Å². The van der Waals surface area contributed by atoms with Crippen molar-refractivity contribution in [1.29, 1.82) is 0 Å². The topological polar surface area (TPSA) is 96.4 Å². The van der Waals surface area contributed by atoms with Crippen molar-refractivity contribution in [3.8, 4) is 16.9 Å². The van der Waals surface area contributed by atoms with Gasteiger partial charge in [0.05, 0.1) is 25.0 Å². The number of carboxylic acid groups (broad SMARTS) is 1. The molecule has 242 valence electrons. The van der Waals surface area contributed by atoms with Gasteiger partial charge in [-0.2, -0.15) is 0 Å². The fraction of sp³-hybridized carbons (Fsp3) is 0.289. The molecule has 9 heteroatoms. The lowest BCUT2D eigenvalue weighted by atomic mass is 9.84. The van der Waals surface area contributed by atoms with Crippen molar-refractivity contribution in [2.45, 2.75) is 30.7 Å². The molecule has 8 nitrogen and oxygen atoms in total. The van der Waals surface area contributed by atoms with Gasteiger partial charge in [-0.1, -0.05) is 90.5 Å². The van der Waals surface area contributed by atoms with Crippen LogP contribution in [0.3, 0.4) is 0 Å². The molecule has 4 aromatic carbocycles. The summed E-state index contributed by atoms with van der Waals surface area (Å²) in [7, 11) is 3.33. The predicted molar refractivity (Wildman–Crippen MR) is 180 cm³/mol. The van der Waals surface area contributed by atoms with Crippen molar-refractivity contribution in [2.75, 3.05) is 33.9 Å². The predicted octanol–water partition coefficient (Wildman–Crippen LogP) is 6.86. The Hall–Kier alpha value is -4.82. The van der Waals surface area contributed by atoms with Crippen molar-refractivity contribution >= 4 is 29.6 Å². The molecule has 0 spiro atoms. The summed E-state index contributed by atoms with van der Waals surface area (Å²) in [6, 6.07) is 30.6. The molecule has 1 heterocycles. The van der Waals surface area contributed by atoms with Crippen LogP contribution in [0.1, 0.15) is 40.5 Å². The van der Waals surface area contributed by atoms with Gasteiger partial charge in [-0.15, -0.1) is 0 Å². The highest BCUT2D eigenvalue weighted by Crippen LogP contribution is 2.44. The number of amides is 2. The lowest BCUT2D eigenvalue weighted by molar-refractivity contribution is -0.145. The Morgan fingerprint density at radius 1 is 0.872 bits per heavy atom. The molecule has 1 aliphatic heterocycles. The van der Waals surface area contributed by atoms with E-state index in [2.05, 4.69) is 24.3 Å². The summed E-state index contributed by atoms with van der Waals surface area (Å²) in [5.41, 5.74) is 6.28. The maximum Gasteiger partial charge on any atom is 0.409 e. The molecule has 3 unspecified atom stereocenters. The lowest BCUT2D eigenvalue weighted by Crippen LogP contribution is -2.48. The summed E-state index contributed by atoms with van der Waals surface area (Å²) < 4.78 is 11.8. The van der Waals surface area contributed by atoms with E-state index >= 15 is 0 Å². The van der Waals surface area contributed by atoms with Crippen LogP contribution in [0.2, 0.25) is 5.02 Å². The Balaban J connectivity index is 1.20. The Morgan fingerprint density at radius 3 is 2.11 bits per heavy atom. The van der Waals surface area contributed by atoms with Crippen LogP contribution in [-0.2, 0) is 20.7 Å². The number of aliphatic carboxylic acids is 1. The Labute approximate surface area is 279 Å². The minimum atomic E-state index is -1.06. The van der Waals surface area contributed by atoms with Gasteiger partial charge in [-0.3, -0.25) is 9.59 Å². The fourth-order valence-corrected chi connectivity index (χ4v) is 6.99. The number of carboxylic acids is 1. The quantitative estimate of drug-likeness (QED) is 0.190. The van der Waals surface area contributed by atoms with E-state index in [0.29, 0.717) is 17.2 Å². The zero-order valence-electron chi connectivity index (χ0n) is 26.3. The lowest BCUT2D eigenvalue weighted by Gasteiger charge is -2.33. The molecule has 0 aromatic heterocycles. The number of fused-ring (bicyclic) bond motifs is 4. The average Bonchev–Trinajstić information content (AvgIpc) is 3.65. The second kappa shape index (κ2) is 13.9. The monoisotopic (exact) mass is 652 g/mol. The Bertz CT molecular complexity index is 1730. The highest BCUT2D eigenvalue weighted by Gasteiger charge is 2.39. The van der Waals surface area contributed by atoms with Crippen LogP contribution in [0.15, 0.2) is 97.1 Å². The summed E-state index contributed by atoms with van der Waals surface area (Å²) in [4.78, 5) is 42.7. The molecule has 2 aliphatic rings. The molecule has 0 saturated carbocycles. The molecule has 0 saturated heterocycles. The van der Waals surface area contributed by atoms with Crippen molar-refractivity contribution in [1.82, 2.24) is 9.80 Å². The van der Waals surface area contributed by atoms with E-state index in [0.717, 1.165) is 33.4 Å². The smallest absolute Gasteiger partial charge is 0.409 e. The van der Waals surface area contributed by atoms with E-state index < -0.39 is 29.9 Å². The second-order valence-corrected chi connectivity index (χ2v) is 12.7. The van der Waals surface area contributed by atoms with Gasteiger partial charge in [-0.25, -0.2) is 4.79 Å². The third kappa shape index (κ3) is 6.83. The first-order valence-corrected chi connectivity index (χ1v) is 16.1. The molecule has 6 rings (SSSR count). The first-order chi connectivity index (χ1) is 22.7. The molecular weight excluding hydrogens is 616 g/mol. The molecule has 3 atom stereocenters. The molecule has 0 radical (unpaired) electrons. The van der Waals surface area contributed by atoms with E-state index in [9.17, 15) is 19.5 Å². The largest absolute Gasteiger partial charge is 0.493 e.